The number of nitrogens with one attached hydrogen (secondary N) is 1. The van der Waals surface area contributed by atoms with Crippen LogP contribution in [0.5, 0.6) is 0 Å². The molecular formula is C20H23FN2O5S. The number of nitrogens with two attached hydrogens (primary N) is 1. The van der Waals surface area contributed by atoms with Crippen LogP contribution in [0.1, 0.15) is 49.0 Å². The number of ether oxygens (including phenoxy) is 1. The standard InChI is InChI=1S/C20H23FN2O5S/c1-4-12(2)15-7-5-6-8-18(15)23-19(24)13(3)28-20(25)16-11-14(29(22,26)27)9-10-17(16)21/h5-13H,4H2,1-3H3,(H,23,24)(H2,22,26,27)/t12-,13-/m0/s1. The van der Waals surface area contributed by atoms with Gasteiger partial charge < -0.3 is 10.1 Å². The van der Waals surface area contributed by atoms with Crippen LogP contribution in [0.15, 0.2) is 47.4 Å². The Bertz CT molecular complexity index is 1020. The minimum Gasteiger partial charge on any atom is -0.449 e. The van der Waals surface area contributed by atoms with E-state index in [1.54, 1.807) is 12.1 Å². The number of para-hydroxylation sites is 1. The molecule has 0 saturated heterocycles. The number of primary sulfonamides is 1. The molecule has 0 saturated carbocycles. The summed E-state index contributed by atoms with van der Waals surface area (Å²) in [5.74, 6) is -2.56. The van der Waals surface area contributed by atoms with Crippen LogP contribution in [0, 0.1) is 5.82 Å². The maximum atomic E-state index is 14.0. The molecule has 29 heavy (non-hydrogen) atoms. The normalized spacial score (nSPS) is 13.4. The van der Waals surface area contributed by atoms with Gasteiger partial charge >= 0.3 is 5.97 Å². The van der Waals surface area contributed by atoms with E-state index in [1.165, 1.54) is 6.92 Å². The van der Waals surface area contributed by atoms with E-state index < -0.39 is 44.3 Å². The van der Waals surface area contributed by atoms with Gasteiger partial charge in [0.15, 0.2) is 6.10 Å². The van der Waals surface area contributed by atoms with E-state index >= 15 is 0 Å². The SMILES string of the molecule is CC[C@H](C)c1ccccc1NC(=O)[C@H](C)OC(=O)c1cc(S(N)(=O)=O)ccc1F. The molecule has 0 bridgehead atoms. The van der Waals surface area contributed by atoms with E-state index in [-0.39, 0.29) is 5.92 Å². The van der Waals surface area contributed by atoms with Gasteiger partial charge in [-0.05, 0) is 49.1 Å². The van der Waals surface area contributed by atoms with Crippen LogP contribution >= 0.6 is 0 Å². The number of carbonyl (C=O) groups excluding carboxylic acids is 2. The van der Waals surface area contributed by atoms with Gasteiger partial charge in [0.2, 0.25) is 10.0 Å². The van der Waals surface area contributed by atoms with E-state index in [1.807, 2.05) is 26.0 Å². The van der Waals surface area contributed by atoms with E-state index in [9.17, 15) is 22.4 Å². The van der Waals surface area contributed by atoms with Crippen LogP contribution in [0.4, 0.5) is 10.1 Å². The van der Waals surface area contributed by atoms with Crippen molar-refractivity contribution in [2.75, 3.05) is 5.32 Å². The van der Waals surface area contributed by atoms with Gasteiger partial charge in [0, 0.05) is 5.69 Å². The summed E-state index contributed by atoms with van der Waals surface area (Å²) in [4.78, 5) is 24.3. The van der Waals surface area contributed by atoms with Crippen LogP contribution in [-0.2, 0) is 19.6 Å². The van der Waals surface area contributed by atoms with Crippen molar-refractivity contribution < 1.29 is 27.1 Å². The predicted octanol–water partition coefficient (Wildman–Crippen LogP) is 3.17. The Kier molecular flexibility index (Phi) is 7.10. The molecule has 1 amide bonds. The summed E-state index contributed by atoms with van der Waals surface area (Å²) in [6.07, 6.45) is -0.373. The molecule has 2 aromatic rings. The molecular weight excluding hydrogens is 399 g/mol. The molecule has 0 fully saturated rings. The van der Waals surface area contributed by atoms with Gasteiger partial charge in [0.25, 0.3) is 5.91 Å². The highest BCUT2D eigenvalue weighted by Crippen LogP contribution is 2.26. The Hall–Kier alpha value is -2.78. The Morgan fingerprint density at radius 1 is 1.17 bits per heavy atom. The molecule has 0 aliphatic rings. The number of carbonyl (C=O) groups is 2. The third-order valence-corrected chi connectivity index (χ3v) is 5.41. The Morgan fingerprint density at radius 3 is 2.45 bits per heavy atom. The molecule has 0 aliphatic heterocycles. The number of hydrogen-bond acceptors (Lipinski definition) is 5. The van der Waals surface area contributed by atoms with Crippen molar-refractivity contribution in [3.8, 4) is 0 Å². The lowest BCUT2D eigenvalue weighted by Gasteiger charge is -2.18. The highest BCUT2D eigenvalue weighted by atomic mass is 32.2. The fraction of sp³-hybridized carbons (Fsp3) is 0.300. The van der Waals surface area contributed by atoms with Crippen LogP contribution in [0.25, 0.3) is 0 Å². The van der Waals surface area contributed by atoms with E-state index in [4.69, 9.17) is 9.88 Å². The molecule has 7 nitrogen and oxygen atoms in total. The zero-order chi connectivity index (χ0) is 21.8. The van der Waals surface area contributed by atoms with E-state index in [0.29, 0.717) is 5.69 Å². The van der Waals surface area contributed by atoms with Crippen molar-refractivity contribution >= 4 is 27.6 Å². The second-order valence-electron chi connectivity index (χ2n) is 6.62. The molecule has 9 heteroatoms. The molecule has 0 heterocycles. The summed E-state index contributed by atoms with van der Waals surface area (Å²) >= 11 is 0. The Labute approximate surface area is 169 Å². The average molecular weight is 422 g/mol. The summed E-state index contributed by atoms with van der Waals surface area (Å²) in [6, 6.07) is 9.77. The quantitative estimate of drug-likeness (QED) is 0.665. The fourth-order valence-corrected chi connectivity index (χ4v) is 3.15. The number of amides is 1. The van der Waals surface area contributed by atoms with E-state index in [2.05, 4.69) is 5.32 Å². The number of esters is 1. The summed E-state index contributed by atoms with van der Waals surface area (Å²) in [6.45, 7) is 5.38. The summed E-state index contributed by atoms with van der Waals surface area (Å²) in [5, 5.41) is 7.70. The number of benzene rings is 2. The molecule has 0 radical (unpaired) electrons. The maximum absolute atomic E-state index is 14.0. The van der Waals surface area contributed by atoms with Crippen LogP contribution in [0.3, 0.4) is 0 Å². The average Bonchev–Trinajstić information content (AvgIpc) is 2.67. The first-order chi connectivity index (χ1) is 13.5. The minimum absolute atomic E-state index is 0.208. The van der Waals surface area contributed by atoms with Gasteiger partial charge in [-0.15, -0.1) is 0 Å². The number of sulfonamides is 1. The van der Waals surface area contributed by atoms with Crippen molar-refractivity contribution in [3.05, 3.63) is 59.4 Å². The largest absolute Gasteiger partial charge is 0.449 e. The lowest BCUT2D eigenvalue weighted by atomic mass is 9.97. The zero-order valence-corrected chi connectivity index (χ0v) is 17.1. The summed E-state index contributed by atoms with van der Waals surface area (Å²) in [7, 11) is -4.13. The third-order valence-electron chi connectivity index (χ3n) is 4.50. The molecule has 0 aromatic heterocycles. The number of rotatable bonds is 7. The fourth-order valence-electron chi connectivity index (χ4n) is 2.61. The molecule has 2 rings (SSSR count). The Morgan fingerprint density at radius 2 is 1.83 bits per heavy atom. The molecule has 0 unspecified atom stereocenters. The Balaban J connectivity index is 2.16. The molecule has 3 N–H and O–H groups in total. The van der Waals surface area contributed by atoms with Crippen molar-refractivity contribution in [3.63, 3.8) is 0 Å². The van der Waals surface area contributed by atoms with Gasteiger partial charge in [-0.25, -0.2) is 22.7 Å². The topological polar surface area (TPSA) is 116 Å². The number of hydrogen-bond donors (Lipinski definition) is 2. The van der Waals surface area contributed by atoms with E-state index in [0.717, 1.165) is 30.2 Å². The lowest BCUT2D eigenvalue weighted by Crippen LogP contribution is -2.30. The second kappa shape index (κ2) is 9.15. The smallest absolute Gasteiger partial charge is 0.341 e. The molecule has 156 valence electrons. The van der Waals surface area contributed by atoms with Crippen molar-refractivity contribution in [1.82, 2.24) is 0 Å². The van der Waals surface area contributed by atoms with Gasteiger partial charge in [-0.2, -0.15) is 0 Å². The van der Waals surface area contributed by atoms with Gasteiger partial charge in [-0.1, -0.05) is 32.0 Å². The van der Waals surface area contributed by atoms with Crippen molar-refractivity contribution in [2.45, 2.75) is 44.1 Å². The summed E-state index contributed by atoms with van der Waals surface area (Å²) in [5.41, 5.74) is 0.905. The maximum Gasteiger partial charge on any atom is 0.341 e. The highest BCUT2D eigenvalue weighted by molar-refractivity contribution is 7.89. The predicted molar refractivity (Wildman–Crippen MR) is 106 cm³/mol. The number of anilines is 1. The molecule has 0 aliphatic carbocycles. The van der Waals surface area contributed by atoms with Gasteiger partial charge in [-0.3, -0.25) is 4.79 Å². The van der Waals surface area contributed by atoms with Crippen molar-refractivity contribution in [2.24, 2.45) is 5.14 Å². The number of halogens is 1. The van der Waals surface area contributed by atoms with Gasteiger partial charge in [0.05, 0.1) is 10.5 Å². The zero-order valence-electron chi connectivity index (χ0n) is 16.3. The minimum atomic E-state index is -4.13. The first kappa shape index (κ1) is 22.5. The van der Waals surface area contributed by atoms with Crippen molar-refractivity contribution in [1.29, 1.82) is 0 Å². The highest BCUT2D eigenvalue weighted by Gasteiger charge is 2.24. The van der Waals surface area contributed by atoms with Crippen LogP contribution in [-0.4, -0.2) is 26.4 Å². The lowest BCUT2D eigenvalue weighted by molar-refractivity contribution is -0.123. The monoisotopic (exact) mass is 422 g/mol. The first-order valence-corrected chi connectivity index (χ1v) is 10.5. The molecule has 2 atom stereocenters. The van der Waals surface area contributed by atoms with Gasteiger partial charge in [0.1, 0.15) is 5.82 Å². The van der Waals surface area contributed by atoms with Crippen LogP contribution < -0.4 is 10.5 Å². The third kappa shape index (κ3) is 5.61. The van der Waals surface area contributed by atoms with Crippen LogP contribution in [0.2, 0.25) is 0 Å². The molecule has 0 spiro atoms. The second-order valence-corrected chi connectivity index (χ2v) is 8.18. The molecule has 2 aromatic carbocycles. The first-order valence-electron chi connectivity index (χ1n) is 8.97. The summed E-state index contributed by atoms with van der Waals surface area (Å²) < 4.78 is 41.8.